The summed E-state index contributed by atoms with van der Waals surface area (Å²) < 4.78 is 0. The monoisotopic (exact) mass is 162 g/mol. The van der Waals surface area contributed by atoms with Crippen LogP contribution in [0.15, 0.2) is 22.1 Å². The van der Waals surface area contributed by atoms with E-state index < -0.39 is 0 Å². The molecule has 0 atom stereocenters. The number of rotatable bonds is 0. The van der Waals surface area contributed by atoms with E-state index in [-0.39, 0.29) is 17.1 Å². The zero-order chi connectivity index (χ0) is 8.97. The zero-order valence-electron chi connectivity index (χ0n) is 5.75. The summed E-state index contributed by atoms with van der Waals surface area (Å²) in [6.07, 6.45) is 1.05. The van der Waals surface area contributed by atoms with Crippen molar-refractivity contribution in [1.82, 2.24) is 5.32 Å². The molecule has 1 N–H and O–H groups in total. The van der Waals surface area contributed by atoms with Crippen molar-refractivity contribution in [3.63, 3.8) is 0 Å². The van der Waals surface area contributed by atoms with Crippen LogP contribution in [-0.4, -0.2) is 24.0 Å². The number of allylic oxidation sites excluding steroid dienone is 1. The zero-order valence-corrected chi connectivity index (χ0v) is 5.75. The second kappa shape index (κ2) is 3.28. The Morgan fingerprint density at radius 2 is 1.92 bits per heavy atom. The number of hydrogen-bond donors (Lipinski definition) is 1. The van der Waals surface area contributed by atoms with Crippen LogP contribution >= 0.6 is 0 Å². The second-order valence-corrected chi connectivity index (χ2v) is 1.83. The first-order valence-electron chi connectivity index (χ1n) is 2.88. The van der Waals surface area contributed by atoms with Crippen molar-refractivity contribution in [2.75, 3.05) is 0 Å². The van der Waals surface area contributed by atoms with Crippen molar-refractivity contribution in [3.05, 3.63) is 17.1 Å². The highest BCUT2D eigenvalue weighted by molar-refractivity contribution is 5.99. The molecule has 0 saturated carbocycles. The molecule has 1 rings (SSSR count). The molecule has 0 fully saturated rings. The van der Waals surface area contributed by atoms with Crippen molar-refractivity contribution >= 4 is 24.0 Å². The minimum Gasteiger partial charge on any atom is -0.321 e. The lowest BCUT2D eigenvalue weighted by Gasteiger charge is -2.06. The van der Waals surface area contributed by atoms with Crippen molar-refractivity contribution in [2.45, 2.75) is 0 Å². The molecule has 0 spiro atoms. The highest BCUT2D eigenvalue weighted by Crippen LogP contribution is 2.05. The highest BCUT2D eigenvalue weighted by atomic mass is 16.1. The fourth-order valence-corrected chi connectivity index (χ4v) is 0.621. The van der Waals surface area contributed by atoms with E-state index in [9.17, 15) is 14.4 Å². The molecule has 0 saturated heterocycles. The molecule has 58 valence electrons. The minimum atomic E-state index is -0.160. The first kappa shape index (κ1) is 7.92. The largest absolute Gasteiger partial charge is 0.321 e. The van der Waals surface area contributed by atoms with Crippen molar-refractivity contribution in [2.24, 2.45) is 4.99 Å². The maximum absolute atomic E-state index is 10.2. The summed E-state index contributed by atoms with van der Waals surface area (Å²) in [6, 6.07) is 0. The maximum atomic E-state index is 10.2. The van der Waals surface area contributed by atoms with Gasteiger partial charge in [-0.2, -0.15) is 0 Å². The molecule has 0 aliphatic carbocycles. The van der Waals surface area contributed by atoms with Gasteiger partial charge in [-0.25, -0.2) is 19.4 Å². The van der Waals surface area contributed by atoms with Crippen LogP contribution in [0.4, 0.5) is 0 Å². The van der Waals surface area contributed by atoms with Crippen LogP contribution in [0.1, 0.15) is 0 Å². The fraction of sp³-hybridized carbons (Fsp3) is 0. The summed E-state index contributed by atoms with van der Waals surface area (Å²) in [7, 11) is 0. The van der Waals surface area contributed by atoms with E-state index in [1.54, 1.807) is 0 Å². The second-order valence-electron chi connectivity index (χ2n) is 1.83. The van der Waals surface area contributed by atoms with Crippen LogP contribution in [0.2, 0.25) is 0 Å². The van der Waals surface area contributed by atoms with Crippen molar-refractivity contribution in [3.8, 4) is 0 Å². The highest BCUT2D eigenvalue weighted by Gasteiger charge is 2.12. The van der Waals surface area contributed by atoms with Gasteiger partial charge in [0, 0.05) is 0 Å². The molecular formula is C7H2N2O3. The Kier molecular flexibility index (Phi) is 2.17. The van der Waals surface area contributed by atoms with Gasteiger partial charge in [-0.3, -0.25) is 0 Å². The maximum Gasteiger partial charge on any atom is 0.217 e. The van der Waals surface area contributed by atoms with Crippen LogP contribution in [-0.2, 0) is 14.4 Å². The van der Waals surface area contributed by atoms with E-state index in [0.717, 1.165) is 6.21 Å². The Labute approximate surface area is 66.8 Å². The van der Waals surface area contributed by atoms with Gasteiger partial charge >= 0.3 is 0 Å². The molecule has 0 amide bonds. The van der Waals surface area contributed by atoms with Gasteiger partial charge in [-0.1, -0.05) is 0 Å². The molecule has 0 aromatic carbocycles. The standard InChI is InChI=1S/C7H2N2O3/c10-2-5-1-8-7(4-12)9-6(5)3-11/h1,9H. The lowest BCUT2D eigenvalue weighted by molar-refractivity contribution is 0.561. The predicted octanol–water partition coefficient (Wildman–Crippen LogP) is -1.19. The Bertz CT molecular complexity index is 389. The number of nitrogens with zero attached hydrogens (tertiary/aromatic N) is 1. The summed E-state index contributed by atoms with van der Waals surface area (Å²) in [6.45, 7) is 0. The summed E-state index contributed by atoms with van der Waals surface area (Å²) in [5.41, 5.74) is -0.220. The molecule has 0 bridgehead atoms. The minimum absolute atomic E-state index is 0.0657. The topological polar surface area (TPSA) is 75.6 Å². The van der Waals surface area contributed by atoms with Crippen LogP contribution in [0.25, 0.3) is 0 Å². The van der Waals surface area contributed by atoms with Gasteiger partial charge in [-0.05, 0) is 0 Å². The van der Waals surface area contributed by atoms with Crippen LogP contribution in [0.3, 0.4) is 0 Å². The van der Waals surface area contributed by atoms with E-state index in [1.165, 1.54) is 17.8 Å². The number of carbonyl (C=O) groups excluding carboxylic acids is 3. The lowest BCUT2D eigenvalue weighted by atomic mass is 10.2. The lowest BCUT2D eigenvalue weighted by Crippen LogP contribution is -2.20. The van der Waals surface area contributed by atoms with Gasteiger partial charge in [0.15, 0.2) is 11.9 Å². The van der Waals surface area contributed by atoms with Gasteiger partial charge in [0.05, 0.1) is 6.21 Å². The molecule has 0 aromatic heterocycles. The molecule has 5 heteroatoms. The third-order valence-electron chi connectivity index (χ3n) is 1.14. The van der Waals surface area contributed by atoms with Crippen LogP contribution < -0.4 is 5.32 Å². The molecule has 12 heavy (non-hydrogen) atoms. The van der Waals surface area contributed by atoms with Gasteiger partial charge in [0.1, 0.15) is 17.2 Å². The summed E-state index contributed by atoms with van der Waals surface area (Å²) in [5.74, 6) is 4.16. The van der Waals surface area contributed by atoms with Gasteiger partial charge in [0.25, 0.3) is 0 Å². The van der Waals surface area contributed by atoms with Gasteiger partial charge in [0.2, 0.25) is 5.82 Å². The first-order chi connectivity index (χ1) is 5.81. The quantitative estimate of drug-likeness (QED) is 0.454. The Balaban J connectivity index is 3.25. The van der Waals surface area contributed by atoms with E-state index >= 15 is 0 Å². The summed E-state index contributed by atoms with van der Waals surface area (Å²) >= 11 is 0. The number of aliphatic imine (C=N–C) groups is 1. The van der Waals surface area contributed by atoms with Gasteiger partial charge in [-0.15, -0.1) is 0 Å². The van der Waals surface area contributed by atoms with E-state index in [0.29, 0.717) is 0 Å². The number of nitrogens with one attached hydrogen (secondary N) is 1. The SMILES string of the molecule is O=C=C1N=CC(=C=O)C(=C=O)N1. The van der Waals surface area contributed by atoms with Gasteiger partial charge < -0.3 is 5.32 Å². The van der Waals surface area contributed by atoms with E-state index in [2.05, 4.69) is 10.3 Å². The third kappa shape index (κ3) is 1.29. The molecule has 1 aliphatic heterocycles. The normalized spacial score (nSPS) is 14.5. The average Bonchev–Trinajstić information content (AvgIpc) is 2.16. The Hall–Kier alpha value is -2.18. The molecule has 0 unspecified atom stereocenters. The Morgan fingerprint density at radius 1 is 1.17 bits per heavy atom. The van der Waals surface area contributed by atoms with E-state index in [1.807, 2.05) is 0 Å². The molecular weight excluding hydrogens is 160 g/mol. The average molecular weight is 162 g/mol. The molecule has 0 radical (unpaired) electrons. The first-order valence-corrected chi connectivity index (χ1v) is 2.88. The molecule has 1 aliphatic rings. The predicted molar refractivity (Wildman–Crippen MR) is 39.2 cm³/mol. The molecule has 5 nitrogen and oxygen atoms in total. The molecule has 0 aromatic rings. The van der Waals surface area contributed by atoms with Crippen molar-refractivity contribution in [1.29, 1.82) is 0 Å². The fourth-order valence-electron chi connectivity index (χ4n) is 0.621. The molecule has 1 heterocycles. The Morgan fingerprint density at radius 3 is 2.42 bits per heavy atom. The smallest absolute Gasteiger partial charge is 0.217 e. The van der Waals surface area contributed by atoms with Crippen LogP contribution in [0, 0.1) is 0 Å². The summed E-state index contributed by atoms with van der Waals surface area (Å²) in [5, 5.41) is 2.24. The summed E-state index contributed by atoms with van der Waals surface area (Å²) in [4.78, 5) is 33.8. The van der Waals surface area contributed by atoms with Crippen LogP contribution in [0.5, 0.6) is 0 Å². The van der Waals surface area contributed by atoms with Crippen molar-refractivity contribution < 1.29 is 14.4 Å². The third-order valence-corrected chi connectivity index (χ3v) is 1.14. The van der Waals surface area contributed by atoms with E-state index in [4.69, 9.17) is 0 Å². The number of hydrogen-bond acceptors (Lipinski definition) is 5.